The summed E-state index contributed by atoms with van der Waals surface area (Å²) in [4.78, 5) is 26.9. The molecule has 0 N–H and O–H groups in total. The topological polar surface area (TPSA) is 59.1 Å². The van der Waals surface area contributed by atoms with Crippen molar-refractivity contribution in [3.63, 3.8) is 0 Å². The Morgan fingerprint density at radius 2 is 1.75 bits per heavy atom. The SMILES string of the molecule is COC(=O)CCCN(C)CCCC(=O)N1CCOCC1. The molecule has 1 aliphatic rings. The fourth-order valence-corrected chi connectivity index (χ4v) is 2.18. The van der Waals surface area contributed by atoms with E-state index >= 15 is 0 Å². The zero-order valence-corrected chi connectivity index (χ0v) is 12.6. The summed E-state index contributed by atoms with van der Waals surface area (Å²) in [6.45, 7) is 4.46. The van der Waals surface area contributed by atoms with Crippen molar-refractivity contribution in [3.05, 3.63) is 0 Å². The molecule has 1 heterocycles. The monoisotopic (exact) mass is 286 g/mol. The van der Waals surface area contributed by atoms with Crippen molar-refractivity contribution < 1.29 is 19.1 Å². The number of ether oxygens (including phenoxy) is 2. The quantitative estimate of drug-likeness (QED) is 0.609. The third-order valence-corrected chi connectivity index (χ3v) is 3.44. The standard InChI is InChI=1S/C14H26N2O4/c1-15(8-4-6-14(18)19-2)7-3-5-13(17)16-9-11-20-12-10-16/h3-12H2,1-2H3. The number of methoxy groups -OCH3 is 1. The lowest BCUT2D eigenvalue weighted by Crippen LogP contribution is -2.40. The van der Waals surface area contributed by atoms with E-state index in [1.165, 1.54) is 7.11 Å². The van der Waals surface area contributed by atoms with Crippen LogP contribution < -0.4 is 0 Å². The van der Waals surface area contributed by atoms with Gasteiger partial charge in [-0.25, -0.2) is 0 Å². The van der Waals surface area contributed by atoms with Gasteiger partial charge in [-0.3, -0.25) is 9.59 Å². The van der Waals surface area contributed by atoms with Crippen molar-refractivity contribution in [2.45, 2.75) is 25.7 Å². The van der Waals surface area contributed by atoms with Gasteiger partial charge in [-0.2, -0.15) is 0 Å². The highest BCUT2D eigenvalue weighted by Gasteiger charge is 2.16. The molecule has 1 fully saturated rings. The summed E-state index contributed by atoms with van der Waals surface area (Å²) in [5.41, 5.74) is 0. The van der Waals surface area contributed by atoms with Crippen LogP contribution in [-0.2, 0) is 19.1 Å². The normalized spacial score (nSPS) is 15.4. The molecule has 0 spiro atoms. The molecule has 6 heteroatoms. The first-order valence-electron chi connectivity index (χ1n) is 7.24. The van der Waals surface area contributed by atoms with E-state index in [9.17, 15) is 9.59 Å². The summed E-state index contributed by atoms with van der Waals surface area (Å²) in [5, 5.41) is 0. The number of carbonyl (C=O) groups is 2. The van der Waals surface area contributed by atoms with Gasteiger partial charge >= 0.3 is 5.97 Å². The molecule has 1 saturated heterocycles. The van der Waals surface area contributed by atoms with Gasteiger partial charge in [0, 0.05) is 25.9 Å². The van der Waals surface area contributed by atoms with E-state index < -0.39 is 0 Å². The first-order valence-corrected chi connectivity index (χ1v) is 7.24. The smallest absolute Gasteiger partial charge is 0.305 e. The molecule has 6 nitrogen and oxygen atoms in total. The summed E-state index contributed by atoms with van der Waals surface area (Å²) in [6, 6.07) is 0. The highest BCUT2D eigenvalue weighted by molar-refractivity contribution is 5.76. The van der Waals surface area contributed by atoms with Crippen molar-refractivity contribution in [3.8, 4) is 0 Å². The molecule has 0 aliphatic carbocycles. The van der Waals surface area contributed by atoms with Gasteiger partial charge < -0.3 is 19.3 Å². The van der Waals surface area contributed by atoms with Crippen molar-refractivity contribution in [2.75, 3.05) is 53.6 Å². The molecular weight excluding hydrogens is 260 g/mol. The maximum Gasteiger partial charge on any atom is 0.305 e. The second kappa shape index (κ2) is 9.72. The lowest BCUT2D eigenvalue weighted by molar-refractivity contribution is -0.140. The van der Waals surface area contributed by atoms with Crippen LogP contribution in [0.15, 0.2) is 0 Å². The van der Waals surface area contributed by atoms with Gasteiger partial charge in [0.1, 0.15) is 0 Å². The Hall–Kier alpha value is -1.14. The van der Waals surface area contributed by atoms with E-state index in [1.807, 2.05) is 11.9 Å². The van der Waals surface area contributed by atoms with Crippen molar-refractivity contribution in [2.24, 2.45) is 0 Å². The zero-order valence-electron chi connectivity index (χ0n) is 12.6. The predicted octanol–water partition coefficient (Wildman–Crippen LogP) is 0.510. The van der Waals surface area contributed by atoms with Crippen molar-refractivity contribution in [1.82, 2.24) is 9.80 Å². The molecule has 0 radical (unpaired) electrons. The van der Waals surface area contributed by atoms with Crippen LogP contribution in [-0.4, -0.2) is 75.2 Å². The molecule has 0 atom stereocenters. The second-order valence-electron chi connectivity index (χ2n) is 5.08. The maximum atomic E-state index is 11.9. The molecular formula is C14H26N2O4. The summed E-state index contributed by atoms with van der Waals surface area (Å²) in [7, 11) is 3.42. The molecule has 0 aromatic heterocycles. The van der Waals surface area contributed by atoms with E-state index in [2.05, 4.69) is 9.64 Å². The fourth-order valence-electron chi connectivity index (χ4n) is 2.18. The summed E-state index contributed by atoms with van der Waals surface area (Å²) in [6.07, 6.45) is 2.68. The van der Waals surface area contributed by atoms with Crippen molar-refractivity contribution in [1.29, 1.82) is 0 Å². The minimum absolute atomic E-state index is 0.166. The van der Waals surface area contributed by atoms with Crippen LogP contribution >= 0.6 is 0 Å². The molecule has 0 aromatic carbocycles. The Bertz CT molecular complexity index is 304. The molecule has 1 amide bonds. The lowest BCUT2D eigenvalue weighted by Gasteiger charge is -2.27. The Morgan fingerprint density at radius 3 is 2.35 bits per heavy atom. The average Bonchev–Trinajstić information content (AvgIpc) is 2.47. The molecule has 0 saturated carbocycles. The van der Waals surface area contributed by atoms with E-state index in [0.717, 1.165) is 25.9 Å². The highest BCUT2D eigenvalue weighted by Crippen LogP contribution is 2.03. The van der Waals surface area contributed by atoms with Gasteiger partial charge in [-0.15, -0.1) is 0 Å². The van der Waals surface area contributed by atoms with Gasteiger partial charge in [0.2, 0.25) is 5.91 Å². The molecule has 1 rings (SSSR count). The number of morpholine rings is 1. The Labute approximate surface area is 121 Å². The molecule has 20 heavy (non-hydrogen) atoms. The van der Waals surface area contributed by atoms with Gasteiger partial charge in [0.15, 0.2) is 0 Å². The Kier molecular flexibility index (Phi) is 8.22. The minimum atomic E-state index is -0.166. The first-order chi connectivity index (χ1) is 9.63. The largest absolute Gasteiger partial charge is 0.469 e. The van der Waals surface area contributed by atoms with Crippen LogP contribution in [0.3, 0.4) is 0 Å². The molecule has 116 valence electrons. The molecule has 0 aromatic rings. The number of hydrogen-bond acceptors (Lipinski definition) is 5. The third kappa shape index (κ3) is 6.86. The number of rotatable bonds is 8. The first kappa shape index (κ1) is 16.9. The van der Waals surface area contributed by atoms with Crippen LogP contribution in [0.2, 0.25) is 0 Å². The third-order valence-electron chi connectivity index (χ3n) is 3.44. The number of nitrogens with zero attached hydrogens (tertiary/aromatic N) is 2. The van der Waals surface area contributed by atoms with Gasteiger partial charge in [-0.1, -0.05) is 0 Å². The summed E-state index contributed by atoms with van der Waals surface area (Å²) >= 11 is 0. The minimum Gasteiger partial charge on any atom is -0.469 e. The summed E-state index contributed by atoms with van der Waals surface area (Å²) < 4.78 is 9.82. The number of carbonyl (C=O) groups excluding carboxylic acids is 2. The summed E-state index contributed by atoms with van der Waals surface area (Å²) in [5.74, 6) is 0.0529. The number of hydrogen-bond donors (Lipinski definition) is 0. The Balaban J connectivity index is 2.04. The lowest BCUT2D eigenvalue weighted by atomic mass is 10.2. The van der Waals surface area contributed by atoms with Crippen LogP contribution in [0.1, 0.15) is 25.7 Å². The highest BCUT2D eigenvalue weighted by atomic mass is 16.5. The molecule has 0 unspecified atom stereocenters. The molecule has 1 aliphatic heterocycles. The Morgan fingerprint density at radius 1 is 1.15 bits per heavy atom. The van der Waals surface area contributed by atoms with E-state index in [1.54, 1.807) is 0 Å². The van der Waals surface area contributed by atoms with E-state index in [-0.39, 0.29) is 11.9 Å². The van der Waals surface area contributed by atoms with Crippen LogP contribution in [0, 0.1) is 0 Å². The van der Waals surface area contributed by atoms with E-state index in [0.29, 0.717) is 39.1 Å². The zero-order chi connectivity index (χ0) is 14.8. The number of esters is 1. The van der Waals surface area contributed by atoms with Crippen LogP contribution in [0.25, 0.3) is 0 Å². The second-order valence-corrected chi connectivity index (χ2v) is 5.08. The van der Waals surface area contributed by atoms with Crippen molar-refractivity contribution >= 4 is 11.9 Å². The van der Waals surface area contributed by atoms with Crippen LogP contribution in [0.4, 0.5) is 0 Å². The molecule has 0 bridgehead atoms. The average molecular weight is 286 g/mol. The van der Waals surface area contributed by atoms with Gasteiger partial charge in [0.25, 0.3) is 0 Å². The number of amides is 1. The van der Waals surface area contributed by atoms with Crippen LogP contribution in [0.5, 0.6) is 0 Å². The maximum absolute atomic E-state index is 11.9. The predicted molar refractivity (Wildman–Crippen MR) is 75.4 cm³/mol. The fraction of sp³-hybridized carbons (Fsp3) is 0.857. The van der Waals surface area contributed by atoms with Gasteiger partial charge in [0.05, 0.1) is 20.3 Å². The van der Waals surface area contributed by atoms with Gasteiger partial charge in [-0.05, 0) is 33.0 Å². The van der Waals surface area contributed by atoms with E-state index in [4.69, 9.17) is 4.74 Å².